The summed E-state index contributed by atoms with van der Waals surface area (Å²) in [4.78, 5) is 14.1. The number of unbranched alkanes of at least 4 members (excludes halogenated alkanes) is 8. The van der Waals surface area contributed by atoms with Crippen molar-refractivity contribution in [3.8, 4) is 0 Å². The van der Waals surface area contributed by atoms with Gasteiger partial charge in [0.25, 0.3) is 0 Å². The Morgan fingerprint density at radius 2 is 1.46 bits per heavy atom. The third-order valence-corrected chi connectivity index (χ3v) is 4.69. The maximum atomic E-state index is 11.8. The maximum Gasteiger partial charge on any atom is 0.220 e. The van der Waals surface area contributed by atoms with Gasteiger partial charge in [-0.1, -0.05) is 75.3 Å². The number of nitrogens with zero attached hydrogens (tertiary/aromatic N) is 1. The van der Waals surface area contributed by atoms with E-state index in [0.29, 0.717) is 6.42 Å². The minimum Gasteiger partial charge on any atom is -0.387 e. The lowest BCUT2D eigenvalue weighted by atomic mass is 10.1. The van der Waals surface area contributed by atoms with E-state index >= 15 is 0 Å². The molecule has 0 bridgehead atoms. The molecule has 1 unspecified atom stereocenters. The van der Waals surface area contributed by atoms with Gasteiger partial charge in [0.05, 0.1) is 6.10 Å². The number of hydrogen-bond acceptors (Lipinski definition) is 3. The average Bonchev–Trinajstić information content (AvgIpc) is 2.64. The normalized spacial score (nSPS) is 12.3. The fourth-order valence-corrected chi connectivity index (χ4v) is 3.04. The molecule has 0 fully saturated rings. The Morgan fingerprint density at radius 1 is 0.923 bits per heavy atom. The molecule has 4 nitrogen and oxygen atoms in total. The quantitative estimate of drug-likeness (QED) is 0.457. The second kappa shape index (κ2) is 14.7. The first-order chi connectivity index (χ1) is 12.6. The zero-order chi connectivity index (χ0) is 19.0. The summed E-state index contributed by atoms with van der Waals surface area (Å²) in [7, 11) is 4.26. The van der Waals surface area contributed by atoms with Gasteiger partial charge in [-0.25, -0.2) is 0 Å². The summed E-state index contributed by atoms with van der Waals surface area (Å²) in [6.45, 7) is 1.49. The number of rotatable bonds is 15. The molecule has 0 spiro atoms. The van der Waals surface area contributed by atoms with Gasteiger partial charge in [-0.3, -0.25) is 4.79 Å². The largest absolute Gasteiger partial charge is 0.387 e. The third-order valence-electron chi connectivity index (χ3n) is 4.69. The van der Waals surface area contributed by atoms with Gasteiger partial charge < -0.3 is 15.3 Å². The highest BCUT2D eigenvalue weighted by Crippen LogP contribution is 2.12. The van der Waals surface area contributed by atoms with Crippen LogP contribution in [0.3, 0.4) is 0 Å². The standard InChI is InChI=1S/C22H38N2O2/c1-24(2)18-14-9-7-5-3-4-6-8-13-17-22(26)23-19-21(25)20-15-11-10-12-16-20/h10-12,15-16,21,25H,3-9,13-14,17-19H2,1-2H3,(H,23,26). The number of aliphatic hydroxyl groups excluding tert-OH is 1. The zero-order valence-corrected chi connectivity index (χ0v) is 16.8. The molecular weight excluding hydrogens is 324 g/mol. The summed E-state index contributed by atoms with van der Waals surface area (Å²) in [5.41, 5.74) is 0.842. The van der Waals surface area contributed by atoms with Crippen molar-refractivity contribution in [2.45, 2.75) is 70.3 Å². The molecule has 148 valence electrons. The highest BCUT2D eigenvalue weighted by molar-refractivity contribution is 5.75. The van der Waals surface area contributed by atoms with Gasteiger partial charge in [-0.2, -0.15) is 0 Å². The van der Waals surface area contributed by atoms with Crippen LogP contribution in [0.1, 0.15) is 75.9 Å². The van der Waals surface area contributed by atoms with Crippen LogP contribution in [-0.4, -0.2) is 43.1 Å². The number of nitrogens with one attached hydrogen (secondary N) is 1. The zero-order valence-electron chi connectivity index (χ0n) is 16.8. The predicted molar refractivity (Wildman–Crippen MR) is 109 cm³/mol. The Bertz CT molecular complexity index is 462. The van der Waals surface area contributed by atoms with E-state index in [9.17, 15) is 9.90 Å². The van der Waals surface area contributed by atoms with E-state index < -0.39 is 6.10 Å². The highest BCUT2D eigenvalue weighted by Gasteiger charge is 2.08. The molecule has 1 rings (SSSR count). The van der Waals surface area contributed by atoms with Gasteiger partial charge in [-0.15, -0.1) is 0 Å². The van der Waals surface area contributed by atoms with E-state index in [1.165, 1.54) is 51.5 Å². The second-order valence-electron chi connectivity index (χ2n) is 7.47. The molecular formula is C22H38N2O2. The van der Waals surface area contributed by atoms with Crippen LogP contribution >= 0.6 is 0 Å². The Morgan fingerprint density at radius 3 is 2.04 bits per heavy atom. The molecule has 0 radical (unpaired) electrons. The van der Waals surface area contributed by atoms with E-state index in [-0.39, 0.29) is 12.5 Å². The lowest BCUT2D eigenvalue weighted by Gasteiger charge is -2.12. The van der Waals surface area contributed by atoms with E-state index in [2.05, 4.69) is 24.3 Å². The van der Waals surface area contributed by atoms with Gasteiger partial charge in [0, 0.05) is 13.0 Å². The summed E-state index contributed by atoms with van der Waals surface area (Å²) < 4.78 is 0. The molecule has 1 aromatic rings. The number of amides is 1. The van der Waals surface area contributed by atoms with Gasteiger partial charge in [0.1, 0.15) is 0 Å². The number of aliphatic hydroxyl groups is 1. The topological polar surface area (TPSA) is 52.6 Å². The molecule has 0 saturated heterocycles. The lowest BCUT2D eigenvalue weighted by molar-refractivity contribution is -0.121. The molecule has 1 atom stereocenters. The first-order valence-corrected chi connectivity index (χ1v) is 10.2. The molecule has 0 aliphatic heterocycles. The molecule has 4 heteroatoms. The number of benzene rings is 1. The Hall–Kier alpha value is -1.39. The number of carbonyl (C=O) groups excluding carboxylic acids is 1. The van der Waals surface area contributed by atoms with Crippen molar-refractivity contribution in [2.24, 2.45) is 0 Å². The summed E-state index contributed by atoms with van der Waals surface area (Å²) in [6, 6.07) is 9.45. The molecule has 1 amide bonds. The molecule has 0 saturated carbocycles. The van der Waals surface area contributed by atoms with Crippen molar-refractivity contribution in [3.63, 3.8) is 0 Å². The minimum atomic E-state index is -0.627. The molecule has 0 aliphatic rings. The van der Waals surface area contributed by atoms with Crippen LogP contribution in [-0.2, 0) is 4.79 Å². The van der Waals surface area contributed by atoms with Crippen LogP contribution in [0.5, 0.6) is 0 Å². The van der Waals surface area contributed by atoms with Crippen molar-refractivity contribution in [2.75, 3.05) is 27.2 Å². The predicted octanol–water partition coefficient (Wildman–Crippen LogP) is 4.30. The maximum absolute atomic E-state index is 11.8. The van der Waals surface area contributed by atoms with Crippen LogP contribution in [0.4, 0.5) is 0 Å². The van der Waals surface area contributed by atoms with E-state index in [1.807, 2.05) is 30.3 Å². The molecule has 0 aliphatic carbocycles. The summed E-state index contributed by atoms with van der Waals surface area (Å²) in [5, 5.41) is 12.9. The molecule has 26 heavy (non-hydrogen) atoms. The number of carbonyl (C=O) groups is 1. The highest BCUT2D eigenvalue weighted by atomic mass is 16.3. The van der Waals surface area contributed by atoms with Crippen LogP contribution in [0, 0.1) is 0 Å². The molecule has 1 aromatic carbocycles. The monoisotopic (exact) mass is 362 g/mol. The SMILES string of the molecule is CN(C)CCCCCCCCCCCC(=O)NCC(O)c1ccccc1. The Balaban J connectivity index is 1.89. The summed E-state index contributed by atoms with van der Waals surface area (Å²) >= 11 is 0. The minimum absolute atomic E-state index is 0.0425. The Kier molecular flexibility index (Phi) is 12.8. The van der Waals surface area contributed by atoms with Crippen molar-refractivity contribution >= 4 is 5.91 Å². The first kappa shape index (κ1) is 22.7. The van der Waals surface area contributed by atoms with Gasteiger partial charge in [-0.05, 0) is 39.0 Å². The van der Waals surface area contributed by atoms with Gasteiger partial charge in [0.15, 0.2) is 0 Å². The van der Waals surface area contributed by atoms with Gasteiger partial charge in [0.2, 0.25) is 5.91 Å². The van der Waals surface area contributed by atoms with Gasteiger partial charge >= 0.3 is 0 Å². The van der Waals surface area contributed by atoms with Crippen molar-refractivity contribution < 1.29 is 9.90 Å². The van der Waals surface area contributed by atoms with Crippen LogP contribution in [0.25, 0.3) is 0 Å². The second-order valence-corrected chi connectivity index (χ2v) is 7.47. The van der Waals surface area contributed by atoms with E-state index in [1.54, 1.807) is 0 Å². The fourth-order valence-electron chi connectivity index (χ4n) is 3.04. The van der Waals surface area contributed by atoms with Crippen LogP contribution in [0.2, 0.25) is 0 Å². The average molecular weight is 363 g/mol. The Labute approximate surface area is 160 Å². The lowest BCUT2D eigenvalue weighted by Crippen LogP contribution is -2.28. The van der Waals surface area contributed by atoms with Crippen LogP contribution in [0.15, 0.2) is 30.3 Å². The van der Waals surface area contributed by atoms with Crippen LogP contribution < -0.4 is 5.32 Å². The third kappa shape index (κ3) is 12.0. The summed E-state index contributed by atoms with van der Waals surface area (Å²) in [6.07, 6.45) is 11.1. The summed E-state index contributed by atoms with van der Waals surface area (Å²) in [5.74, 6) is 0.0425. The smallest absolute Gasteiger partial charge is 0.220 e. The van der Waals surface area contributed by atoms with Crippen molar-refractivity contribution in [3.05, 3.63) is 35.9 Å². The fraction of sp³-hybridized carbons (Fsp3) is 0.682. The number of hydrogen-bond donors (Lipinski definition) is 2. The van der Waals surface area contributed by atoms with Crippen molar-refractivity contribution in [1.29, 1.82) is 0 Å². The van der Waals surface area contributed by atoms with E-state index in [4.69, 9.17) is 0 Å². The molecule has 0 heterocycles. The van der Waals surface area contributed by atoms with Crippen molar-refractivity contribution in [1.82, 2.24) is 10.2 Å². The molecule has 0 aromatic heterocycles. The first-order valence-electron chi connectivity index (χ1n) is 10.2. The molecule has 2 N–H and O–H groups in total. The van der Waals surface area contributed by atoms with E-state index in [0.717, 1.165) is 18.4 Å².